The summed E-state index contributed by atoms with van der Waals surface area (Å²) in [6.45, 7) is 6.42. The Bertz CT molecular complexity index is 234. The van der Waals surface area contributed by atoms with E-state index in [-0.39, 0.29) is 5.75 Å². The van der Waals surface area contributed by atoms with Gasteiger partial charge in [0.25, 0.3) is 10.1 Å². The highest BCUT2D eigenvalue weighted by atomic mass is 32.2. The number of hydrogen-bond donors (Lipinski definition) is 0. The lowest BCUT2D eigenvalue weighted by Gasteiger charge is -2.14. The molecule has 4 heteroatoms. The van der Waals surface area contributed by atoms with E-state index in [1.165, 1.54) is 0 Å². The molecule has 0 radical (unpaired) electrons. The Labute approximate surface area is 94.3 Å². The van der Waals surface area contributed by atoms with Crippen molar-refractivity contribution in [2.75, 3.05) is 12.4 Å². The highest BCUT2D eigenvalue weighted by molar-refractivity contribution is 7.86. The van der Waals surface area contributed by atoms with Crippen LogP contribution in [0.3, 0.4) is 0 Å². The fourth-order valence-corrected chi connectivity index (χ4v) is 2.42. The van der Waals surface area contributed by atoms with Crippen LogP contribution in [0.1, 0.15) is 52.9 Å². The lowest BCUT2D eigenvalue weighted by atomic mass is 10.0. The van der Waals surface area contributed by atoms with Crippen LogP contribution in [0.5, 0.6) is 0 Å². The molecule has 0 bridgehead atoms. The van der Waals surface area contributed by atoms with E-state index < -0.39 is 10.1 Å². The van der Waals surface area contributed by atoms with Crippen molar-refractivity contribution < 1.29 is 12.6 Å². The zero-order valence-electron chi connectivity index (χ0n) is 10.2. The van der Waals surface area contributed by atoms with Crippen molar-refractivity contribution in [1.29, 1.82) is 0 Å². The van der Waals surface area contributed by atoms with E-state index in [1.807, 2.05) is 6.92 Å². The maximum atomic E-state index is 11.3. The van der Waals surface area contributed by atoms with E-state index in [0.717, 1.165) is 25.7 Å². The highest BCUT2D eigenvalue weighted by Gasteiger charge is 2.13. The predicted molar refractivity (Wildman–Crippen MR) is 63.3 cm³/mol. The van der Waals surface area contributed by atoms with Gasteiger partial charge in [0, 0.05) is 0 Å². The van der Waals surface area contributed by atoms with Crippen molar-refractivity contribution in [3.05, 3.63) is 0 Å². The van der Waals surface area contributed by atoms with Crippen LogP contribution in [0, 0.1) is 5.92 Å². The molecule has 1 atom stereocenters. The summed E-state index contributed by atoms with van der Waals surface area (Å²) < 4.78 is 27.6. The van der Waals surface area contributed by atoms with Crippen LogP contribution in [0.4, 0.5) is 0 Å². The SMILES string of the molecule is CCCCC(CC)COS(=O)(=O)CCC. The maximum absolute atomic E-state index is 11.3. The first-order valence-corrected chi connectivity index (χ1v) is 7.50. The summed E-state index contributed by atoms with van der Waals surface area (Å²) >= 11 is 0. The zero-order valence-corrected chi connectivity index (χ0v) is 11.0. The van der Waals surface area contributed by atoms with Crippen LogP contribution in [0.25, 0.3) is 0 Å². The van der Waals surface area contributed by atoms with Crippen molar-refractivity contribution >= 4 is 10.1 Å². The molecule has 0 aromatic heterocycles. The first-order valence-electron chi connectivity index (χ1n) is 5.92. The van der Waals surface area contributed by atoms with Crippen molar-refractivity contribution in [3.63, 3.8) is 0 Å². The molecule has 0 aromatic carbocycles. The molecule has 0 saturated heterocycles. The fourth-order valence-electron chi connectivity index (χ4n) is 1.41. The lowest BCUT2D eigenvalue weighted by molar-refractivity contribution is 0.238. The minimum absolute atomic E-state index is 0.136. The molecule has 92 valence electrons. The minimum Gasteiger partial charge on any atom is -0.270 e. The number of rotatable bonds is 9. The summed E-state index contributed by atoms with van der Waals surface area (Å²) in [7, 11) is -3.26. The smallest absolute Gasteiger partial charge is 0.267 e. The average molecular weight is 236 g/mol. The third kappa shape index (κ3) is 7.79. The van der Waals surface area contributed by atoms with Gasteiger partial charge in [0.2, 0.25) is 0 Å². The Morgan fingerprint density at radius 1 is 1.13 bits per heavy atom. The Morgan fingerprint density at radius 2 is 1.80 bits per heavy atom. The molecule has 1 unspecified atom stereocenters. The largest absolute Gasteiger partial charge is 0.270 e. The Kier molecular flexibility index (Phi) is 8.06. The molecule has 0 heterocycles. The van der Waals surface area contributed by atoms with E-state index in [9.17, 15) is 8.42 Å². The monoisotopic (exact) mass is 236 g/mol. The van der Waals surface area contributed by atoms with Gasteiger partial charge in [0.15, 0.2) is 0 Å². The van der Waals surface area contributed by atoms with Crippen molar-refractivity contribution in [3.8, 4) is 0 Å². The molecular formula is C11H24O3S. The quantitative estimate of drug-likeness (QED) is 0.578. The molecule has 0 rings (SSSR count). The van der Waals surface area contributed by atoms with E-state index in [2.05, 4.69) is 13.8 Å². The highest BCUT2D eigenvalue weighted by Crippen LogP contribution is 2.14. The molecular weight excluding hydrogens is 212 g/mol. The molecule has 0 fully saturated rings. The van der Waals surface area contributed by atoms with Gasteiger partial charge < -0.3 is 0 Å². The summed E-state index contributed by atoms with van der Waals surface area (Å²) in [5, 5.41) is 0. The Morgan fingerprint density at radius 3 is 2.27 bits per heavy atom. The van der Waals surface area contributed by atoms with Crippen LogP contribution in [-0.2, 0) is 14.3 Å². The van der Waals surface area contributed by atoms with E-state index >= 15 is 0 Å². The summed E-state index contributed by atoms with van der Waals surface area (Å²) in [4.78, 5) is 0. The Hall–Kier alpha value is -0.0900. The molecule has 0 amide bonds. The van der Waals surface area contributed by atoms with Gasteiger partial charge in [-0.1, -0.05) is 40.0 Å². The van der Waals surface area contributed by atoms with Crippen LogP contribution < -0.4 is 0 Å². The lowest BCUT2D eigenvalue weighted by Crippen LogP contribution is -2.16. The first-order chi connectivity index (χ1) is 7.05. The zero-order chi connectivity index (χ0) is 11.7. The molecule has 0 aliphatic heterocycles. The van der Waals surface area contributed by atoms with Gasteiger partial charge in [0.05, 0.1) is 12.4 Å². The van der Waals surface area contributed by atoms with Gasteiger partial charge in [0.1, 0.15) is 0 Å². The van der Waals surface area contributed by atoms with Gasteiger partial charge in [-0.15, -0.1) is 0 Å². The third-order valence-corrected chi connectivity index (χ3v) is 3.88. The molecule has 0 aliphatic carbocycles. The van der Waals surface area contributed by atoms with Crippen LogP contribution in [0.2, 0.25) is 0 Å². The van der Waals surface area contributed by atoms with Crippen LogP contribution in [0.15, 0.2) is 0 Å². The second-order valence-corrected chi connectivity index (χ2v) is 5.72. The number of unbranched alkanes of at least 4 members (excludes halogenated alkanes) is 1. The fraction of sp³-hybridized carbons (Fsp3) is 1.00. The van der Waals surface area contributed by atoms with Gasteiger partial charge in [-0.25, -0.2) is 0 Å². The molecule has 0 saturated carbocycles. The van der Waals surface area contributed by atoms with Crippen molar-refractivity contribution in [2.24, 2.45) is 5.92 Å². The van der Waals surface area contributed by atoms with Crippen molar-refractivity contribution in [1.82, 2.24) is 0 Å². The predicted octanol–water partition coefficient (Wildman–Crippen LogP) is 2.96. The average Bonchev–Trinajstić information content (AvgIpc) is 2.18. The normalized spacial score (nSPS) is 14.1. The van der Waals surface area contributed by atoms with Crippen LogP contribution >= 0.6 is 0 Å². The van der Waals surface area contributed by atoms with Gasteiger partial charge in [-0.3, -0.25) is 4.18 Å². The summed E-state index contributed by atoms with van der Waals surface area (Å²) in [5.41, 5.74) is 0. The minimum atomic E-state index is -3.26. The molecule has 0 N–H and O–H groups in total. The van der Waals surface area contributed by atoms with Gasteiger partial charge >= 0.3 is 0 Å². The maximum Gasteiger partial charge on any atom is 0.267 e. The standard InChI is InChI=1S/C11H24O3S/c1-4-7-8-11(6-3)10-14-15(12,13)9-5-2/h11H,4-10H2,1-3H3. The van der Waals surface area contributed by atoms with E-state index in [1.54, 1.807) is 0 Å². The second-order valence-electron chi connectivity index (χ2n) is 3.96. The van der Waals surface area contributed by atoms with Gasteiger partial charge in [-0.05, 0) is 18.8 Å². The Balaban J connectivity index is 3.89. The topological polar surface area (TPSA) is 43.4 Å². The molecule has 0 aromatic rings. The first kappa shape index (κ1) is 14.9. The third-order valence-electron chi connectivity index (χ3n) is 2.48. The van der Waals surface area contributed by atoms with E-state index in [0.29, 0.717) is 18.9 Å². The van der Waals surface area contributed by atoms with Crippen molar-refractivity contribution in [2.45, 2.75) is 52.9 Å². The summed E-state index contributed by atoms with van der Waals surface area (Å²) in [5.74, 6) is 0.522. The second kappa shape index (κ2) is 8.11. The molecule has 3 nitrogen and oxygen atoms in total. The molecule has 15 heavy (non-hydrogen) atoms. The van der Waals surface area contributed by atoms with Gasteiger partial charge in [-0.2, -0.15) is 8.42 Å². The van der Waals surface area contributed by atoms with Crippen LogP contribution in [-0.4, -0.2) is 20.8 Å². The number of hydrogen-bond acceptors (Lipinski definition) is 3. The molecule has 0 aliphatic rings. The summed E-state index contributed by atoms with van der Waals surface area (Å²) in [6, 6.07) is 0. The van der Waals surface area contributed by atoms with E-state index in [4.69, 9.17) is 4.18 Å². The summed E-state index contributed by atoms with van der Waals surface area (Å²) in [6.07, 6.45) is 4.97. The molecule has 0 spiro atoms.